The van der Waals surface area contributed by atoms with Crippen molar-refractivity contribution in [3.63, 3.8) is 0 Å². The second kappa shape index (κ2) is 6.23. The molecule has 3 nitrogen and oxygen atoms in total. The Balaban J connectivity index is 2.05. The minimum absolute atomic E-state index is 0.00326. The molecule has 112 valence electrons. The van der Waals surface area contributed by atoms with E-state index in [9.17, 15) is 0 Å². The molecule has 1 heterocycles. The Bertz CT molecular complexity index is 464. The van der Waals surface area contributed by atoms with Crippen LogP contribution in [0, 0.1) is 0 Å². The average Bonchev–Trinajstić information content (AvgIpc) is 2.38. The normalized spacial score (nSPS) is 26.4. The highest BCUT2D eigenvalue weighted by atomic mass is 35.5. The van der Waals surface area contributed by atoms with Crippen molar-refractivity contribution in [3.8, 4) is 0 Å². The number of benzene rings is 1. The van der Waals surface area contributed by atoms with Gasteiger partial charge in [-0.05, 0) is 44.4 Å². The van der Waals surface area contributed by atoms with E-state index >= 15 is 0 Å². The molecule has 1 aliphatic heterocycles. The molecular formula is C16H25ClN2O. The minimum Gasteiger partial charge on any atom is -0.382 e. The molecule has 2 rings (SSSR count). The summed E-state index contributed by atoms with van der Waals surface area (Å²) in [5.74, 6) is 0. The zero-order valence-electron chi connectivity index (χ0n) is 12.9. The highest BCUT2D eigenvalue weighted by Crippen LogP contribution is 2.32. The number of nitrogens with zero attached hydrogens (tertiary/aromatic N) is 1. The maximum absolute atomic E-state index is 6.32. The van der Waals surface area contributed by atoms with Gasteiger partial charge in [0.15, 0.2) is 0 Å². The van der Waals surface area contributed by atoms with E-state index in [2.05, 4.69) is 31.3 Å². The highest BCUT2D eigenvalue weighted by molar-refractivity contribution is 6.33. The van der Waals surface area contributed by atoms with Gasteiger partial charge in [0.25, 0.3) is 0 Å². The molecule has 0 aromatic heterocycles. The van der Waals surface area contributed by atoms with Crippen LogP contribution in [-0.2, 0) is 4.74 Å². The fourth-order valence-electron chi connectivity index (χ4n) is 2.69. The van der Waals surface area contributed by atoms with Crippen molar-refractivity contribution >= 4 is 23.0 Å². The van der Waals surface area contributed by atoms with Crippen LogP contribution in [0.2, 0.25) is 5.02 Å². The van der Waals surface area contributed by atoms with Crippen molar-refractivity contribution in [1.82, 2.24) is 0 Å². The Morgan fingerprint density at radius 3 is 2.80 bits per heavy atom. The first-order valence-electron chi connectivity index (χ1n) is 7.31. The molecule has 1 aromatic rings. The monoisotopic (exact) mass is 296 g/mol. The zero-order valence-corrected chi connectivity index (χ0v) is 13.6. The maximum atomic E-state index is 6.32. The standard InChI is InChI=1S/C16H25ClN2O/c1-5-16(2)11-13(8-9-20-16)18-12-6-7-15(19(3)4)14(17)10-12/h6-7,10,13,18H,5,8-9,11H2,1-4H3. The Morgan fingerprint density at radius 1 is 1.45 bits per heavy atom. The van der Waals surface area contributed by atoms with Crippen LogP contribution in [0.5, 0.6) is 0 Å². The summed E-state index contributed by atoms with van der Waals surface area (Å²) >= 11 is 6.32. The molecule has 1 aliphatic rings. The van der Waals surface area contributed by atoms with E-state index in [0.717, 1.165) is 42.3 Å². The molecule has 0 radical (unpaired) electrons. The molecule has 0 aliphatic carbocycles. The molecule has 1 N–H and O–H groups in total. The van der Waals surface area contributed by atoms with Gasteiger partial charge in [0.1, 0.15) is 0 Å². The molecule has 20 heavy (non-hydrogen) atoms. The zero-order chi connectivity index (χ0) is 14.8. The fourth-order valence-corrected chi connectivity index (χ4v) is 3.04. The molecular weight excluding hydrogens is 272 g/mol. The van der Waals surface area contributed by atoms with Crippen LogP contribution in [0.25, 0.3) is 0 Å². The van der Waals surface area contributed by atoms with Crippen LogP contribution in [0.15, 0.2) is 18.2 Å². The van der Waals surface area contributed by atoms with E-state index in [1.165, 1.54) is 0 Å². The van der Waals surface area contributed by atoms with E-state index < -0.39 is 0 Å². The number of anilines is 2. The average molecular weight is 297 g/mol. The molecule has 2 unspecified atom stereocenters. The molecule has 0 amide bonds. The molecule has 0 saturated carbocycles. The third kappa shape index (κ3) is 3.58. The van der Waals surface area contributed by atoms with Gasteiger partial charge in [0, 0.05) is 32.4 Å². The lowest BCUT2D eigenvalue weighted by Crippen LogP contribution is -2.41. The van der Waals surface area contributed by atoms with Crippen LogP contribution < -0.4 is 10.2 Å². The van der Waals surface area contributed by atoms with Crippen LogP contribution in [0.3, 0.4) is 0 Å². The summed E-state index contributed by atoms with van der Waals surface area (Å²) < 4.78 is 5.88. The van der Waals surface area contributed by atoms with E-state index in [1.807, 2.05) is 25.1 Å². The van der Waals surface area contributed by atoms with E-state index in [-0.39, 0.29) is 5.60 Å². The van der Waals surface area contributed by atoms with Crippen LogP contribution in [0.4, 0.5) is 11.4 Å². The van der Waals surface area contributed by atoms with Crippen molar-refractivity contribution in [1.29, 1.82) is 0 Å². The molecule has 1 saturated heterocycles. The first-order chi connectivity index (χ1) is 9.43. The van der Waals surface area contributed by atoms with Crippen molar-refractivity contribution in [2.24, 2.45) is 0 Å². The SMILES string of the molecule is CCC1(C)CC(Nc2ccc(N(C)C)c(Cl)c2)CCO1. The van der Waals surface area contributed by atoms with Crippen LogP contribution in [0.1, 0.15) is 33.1 Å². The Hall–Kier alpha value is -0.930. The summed E-state index contributed by atoms with van der Waals surface area (Å²) in [4.78, 5) is 2.02. The predicted octanol–water partition coefficient (Wildman–Crippen LogP) is 4.17. The van der Waals surface area contributed by atoms with Gasteiger partial charge in [0.05, 0.1) is 16.3 Å². The first kappa shape index (κ1) is 15.5. The minimum atomic E-state index is 0.00326. The molecule has 0 bridgehead atoms. The largest absolute Gasteiger partial charge is 0.382 e. The molecule has 2 atom stereocenters. The summed E-state index contributed by atoms with van der Waals surface area (Å²) in [5, 5.41) is 4.38. The van der Waals surface area contributed by atoms with Gasteiger partial charge in [-0.25, -0.2) is 0 Å². The molecule has 4 heteroatoms. The van der Waals surface area contributed by atoms with Gasteiger partial charge in [-0.15, -0.1) is 0 Å². The Morgan fingerprint density at radius 2 is 2.20 bits per heavy atom. The van der Waals surface area contributed by atoms with Crippen molar-refractivity contribution < 1.29 is 4.74 Å². The number of ether oxygens (including phenoxy) is 1. The summed E-state index contributed by atoms with van der Waals surface area (Å²) in [6.45, 7) is 5.21. The smallest absolute Gasteiger partial charge is 0.0671 e. The van der Waals surface area contributed by atoms with Crippen LogP contribution >= 0.6 is 11.6 Å². The summed E-state index contributed by atoms with van der Waals surface area (Å²) in [6, 6.07) is 6.62. The lowest BCUT2D eigenvalue weighted by atomic mass is 9.90. The van der Waals surface area contributed by atoms with E-state index in [1.54, 1.807) is 0 Å². The number of nitrogens with one attached hydrogen (secondary N) is 1. The highest BCUT2D eigenvalue weighted by Gasteiger charge is 2.31. The third-order valence-corrected chi connectivity index (χ3v) is 4.45. The van der Waals surface area contributed by atoms with Gasteiger partial charge in [0.2, 0.25) is 0 Å². The summed E-state index contributed by atoms with van der Waals surface area (Å²) in [7, 11) is 4.00. The fraction of sp³-hybridized carbons (Fsp3) is 0.625. The Kier molecular flexibility index (Phi) is 4.82. The van der Waals surface area contributed by atoms with Gasteiger partial charge in [-0.1, -0.05) is 18.5 Å². The van der Waals surface area contributed by atoms with Gasteiger partial charge in [-0.3, -0.25) is 0 Å². The van der Waals surface area contributed by atoms with Gasteiger partial charge in [-0.2, -0.15) is 0 Å². The third-order valence-electron chi connectivity index (χ3n) is 4.14. The second-order valence-electron chi connectivity index (χ2n) is 6.05. The Labute approximate surface area is 127 Å². The lowest BCUT2D eigenvalue weighted by molar-refractivity contribution is -0.0708. The number of halogens is 1. The van der Waals surface area contributed by atoms with E-state index in [0.29, 0.717) is 6.04 Å². The topological polar surface area (TPSA) is 24.5 Å². The van der Waals surface area contributed by atoms with Crippen molar-refractivity contribution in [2.75, 3.05) is 30.9 Å². The molecule has 1 aromatic carbocycles. The second-order valence-corrected chi connectivity index (χ2v) is 6.45. The van der Waals surface area contributed by atoms with E-state index in [4.69, 9.17) is 16.3 Å². The van der Waals surface area contributed by atoms with Gasteiger partial charge < -0.3 is 15.0 Å². The summed E-state index contributed by atoms with van der Waals surface area (Å²) in [6.07, 6.45) is 3.13. The molecule has 0 spiro atoms. The first-order valence-corrected chi connectivity index (χ1v) is 7.69. The van der Waals surface area contributed by atoms with Crippen molar-refractivity contribution in [2.45, 2.75) is 44.8 Å². The summed E-state index contributed by atoms with van der Waals surface area (Å²) in [5.41, 5.74) is 2.14. The molecule has 1 fully saturated rings. The number of hydrogen-bond donors (Lipinski definition) is 1. The van der Waals surface area contributed by atoms with Crippen LogP contribution in [-0.4, -0.2) is 32.3 Å². The predicted molar refractivity (Wildman–Crippen MR) is 87.1 cm³/mol. The lowest BCUT2D eigenvalue weighted by Gasteiger charge is -2.38. The number of hydrogen-bond acceptors (Lipinski definition) is 3. The quantitative estimate of drug-likeness (QED) is 0.902. The van der Waals surface area contributed by atoms with Crippen molar-refractivity contribution in [3.05, 3.63) is 23.2 Å². The number of rotatable bonds is 4. The van der Waals surface area contributed by atoms with Gasteiger partial charge >= 0.3 is 0 Å². The maximum Gasteiger partial charge on any atom is 0.0671 e.